The van der Waals surface area contributed by atoms with Crippen LogP contribution in [0.4, 0.5) is 50.0 Å². The van der Waals surface area contributed by atoms with Crippen molar-refractivity contribution in [1.29, 1.82) is 0 Å². The lowest BCUT2D eigenvalue weighted by Crippen LogP contribution is -2.60. The van der Waals surface area contributed by atoms with Crippen LogP contribution in [0.1, 0.15) is 43.2 Å². The molecule has 1 aromatic carbocycles. The molecule has 1 amide bonds. The van der Waals surface area contributed by atoms with Crippen LogP contribution in [0.25, 0.3) is 0 Å². The summed E-state index contributed by atoms with van der Waals surface area (Å²) >= 11 is 0. The lowest BCUT2D eigenvalue weighted by atomic mass is 9.72. The molecule has 0 radical (unpaired) electrons. The summed E-state index contributed by atoms with van der Waals surface area (Å²) in [5.41, 5.74) is -0.321. The molecule has 6 nitrogen and oxygen atoms in total. The molecule has 236 valence electrons. The van der Waals surface area contributed by atoms with Crippen LogP contribution in [0, 0.1) is 10.8 Å². The number of halogens is 9. The SMILES string of the molecule is O=C(OC(C(F)(F)F)C(F)(F)F)N1CCC2(CC1)CN(Cc1c(N3CCC4(CCOCC4)C3)cccc1C(F)(F)F)C2. The number of hydrogen-bond acceptors (Lipinski definition) is 5. The minimum atomic E-state index is -5.80. The molecule has 5 rings (SSSR count). The summed E-state index contributed by atoms with van der Waals surface area (Å²) in [7, 11) is 0. The first-order chi connectivity index (χ1) is 19.5. The third-order valence-corrected chi connectivity index (χ3v) is 9.18. The quantitative estimate of drug-likeness (QED) is 0.375. The van der Waals surface area contributed by atoms with Crippen LogP contribution < -0.4 is 4.90 Å². The van der Waals surface area contributed by atoms with Gasteiger partial charge in [-0.2, -0.15) is 39.5 Å². The van der Waals surface area contributed by atoms with Crippen molar-refractivity contribution in [3.8, 4) is 0 Å². The molecule has 4 heterocycles. The Kier molecular flexibility index (Phi) is 8.08. The molecule has 2 spiro atoms. The van der Waals surface area contributed by atoms with Gasteiger partial charge >= 0.3 is 24.6 Å². The van der Waals surface area contributed by atoms with Gasteiger partial charge in [0.15, 0.2) is 0 Å². The molecule has 4 aliphatic heterocycles. The molecule has 0 atom stereocenters. The van der Waals surface area contributed by atoms with Crippen molar-refractivity contribution in [2.45, 2.75) is 63.3 Å². The predicted molar refractivity (Wildman–Crippen MR) is 132 cm³/mol. The van der Waals surface area contributed by atoms with E-state index in [1.165, 1.54) is 6.07 Å². The fourth-order valence-corrected chi connectivity index (χ4v) is 6.87. The number of carbonyl (C=O) groups is 1. The molecule has 0 saturated carbocycles. The fourth-order valence-electron chi connectivity index (χ4n) is 6.87. The van der Waals surface area contributed by atoms with E-state index in [0.29, 0.717) is 45.1 Å². The fraction of sp³-hybridized carbons (Fsp3) is 0.741. The number of nitrogens with zero attached hydrogens (tertiary/aromatic N) is 3. The van der Waals surface area contributed by atoms with Gasteiger partial charge in [0.25, 0.3) is 6.10 Å². The molecule has 0 bridgehead atoms. The average Bonchev–Trinajstić information content (AvgIpc) is 3.27. The molecule has 4 saturated heterocycles. The summed E-state index contributed by atoms with van der Waals surface area (Å²) in [6.07, 6.45) is -18.9. The van der Waals surface area contributed by atoms with Crippen molar-refractivity contribution >= 4 is 11.8 Å². The highest BCUT2D eigenvalue weighted by molar-refractivity contribution is 5.68. The minimum Gasteiger partial charge on any atom is -0.426 e. The van der Waals surface area contributed by atoms with E-state index in [0.717, 1.165) is 30.2 Å². The van der Waals surface area contributed by atoms with E-state index >= 15 is 0 Å². The van der Waals surface area contributed by atoms with Gasteiger partial charge in [-0.1, -0.05) is 6.07 Å². The van der Waals surface area contributed by atoms with Crippen molar-refractivity contribution in [3.05, 3.63) is 29.3 Å². The second kappa shape index (κ2) is 10.9. The number of amides is 1. The summed E-state index contributed by atoms with van der Waals surface area (Å²) in [4.78, 5) is 16.8. The van der Waals surface area contributed by atoms with Gasteiger partial charge in [0.05, 0.1) is 5.56 Å². The zero-order valence-electron chi connectivity index (χ0n) is 22.7. The number of ether oxygens (including phenoxy) is 2. The van der Waals surface area contributed by atoms with Crippen LogP contribution in [0.3, 0.4) is 0 Å². The second-order valence-corrected chi connectivity index (χ2v) is 12.1. The van der Waals surface area contributed by atoms with Crippen LogP contribution in [-0.4, -0.2) is 86.8 Å². The average molecular weight is 618 g/mol. The first-order valence-electron chi connectivity index (χ1n) is 13.8. The van der Waals surface area contributed by atoms with Crippen LogP contribution in [0.2, 0.25) is 0 Å². The summed E-state index contributed by atoms with van der Waals surface area (Å²) < 4.78 is 128. The standard InChI is InChI=1S/C27H32F9N3O3/c28-25(29,30)19-2-1-3-20(39-11-4-23(17-39)7-12-41-13-8-23)18(19)14-37-15-24(16-37)5-9-38(10-6-24)22(40)42-21(26(31,32)33)27(34,35)36/h1-3,21H,4-17H2. The van der Waals surface area contributed by atoms with E-state index in [1.54, 1.807) is 6.07 Å². The highest BCUT2D eigenvalue weighted by Gasteiger charge is 2.60. The Balaban J connectivity index is 1.22. The Hall–Kier alpha value is -2.42. The van der Waals surface area contributed by atoms with Crippen molar-refractivity contribution in [2.75, 3.05) is 57.4 Å². The van der Waals surface area contributed by atoms with Crippen LogP contribution >= 0.6 is 0 Å². The summed E-state index contributed by atoms with van der Waals surface area (Å²) in [6.45, 7) is 3.20. The van der Waals surface area contributed by atoms with Gasteiger partial charge < -0.3 is 19.3 Å². The zero-order valence-corrected chi connectivity index (χ0v) is 22.7. The van der Waals surface area contributed by atoms with E-state index in [2.05, 4.69) is 4.74 Å². The number of hydrogen-bond donors (Lipinski definition) is 0. The third-order valence-electron chi connectivity index (χ3n) is 9.18. The van der Waals surface area contributed by atoms with Gasteiger partial charge in [-0.25, -0.2) is 4.79 Å². The number of carbonyl (C=O) groups excluding carboxylic acids is 1. The molecule has 4 aliphatic rings. The number of piperidine rings is 1. The molecule has 0 aliphatic carbocycles. The maximum absolute atomic E-state index is 14.1. The van der Waals surface area contributed by atoms with Gasteiger partial charge in [-0.05, 0) is 55.1 Å². The number of likely N-dealkylation sites (tertiary alicyclic amines) is 2. The Morgan fingerprint density at radius 2 is 1.43 bits per heavy atom. The lowest BCUT2D eigenvalue weighted by Gasteiger charge is -2.54. The van der Waals surface area contributed by atoms with Crippen molar-refractivity contribution in [1.82, 2.24) is 9.80 Å². The van der Waals surface area contributed by atoms with E-state index in [9.17, 15) is 44.3 Å². The zero-order chi connectivity index (χ0) is 30.6. The Labute approximate surface area is 236 Å². The summed E-state index contributed by atoms with van der Waals surface area (Å²) in [6, 6.07) is 4.22. The van der Waals surface area contributed by atoms with Crippen molar-refractivity contribution in [3.63, 3.8) is 0 Å². The number of alkyl halides is 9. The van der Waals surface area contributed by atoms with Crippen LogP contribution in [0.15, 0.2) is 18.2 Å². The van der Waals surface area contributed by atoms with E-state index in [-0.39, 0.29) is 43.5 Å². The number of anilines is 1. The lowest BCUT2D eigenvalue weighted by molar-refractivity contribution is -0.308. The highest BCUT2D eigenvalue weighted by Crippen LogP contribution is 2.47. The van der Waals surface area contributed by atoms with E-state index in [1.807, 2.05) is 9.80 Å². The Bertz CT molecular complexity index is 1120. The summed E-state index contributed by atoms with van der Waals surface area (Å²) in [5, 5.41) is 0. The van der Waals surface area contributed by atoms with Gasteiger partial charge in [-0.3, -0.25) is 4.90 Å². The normalized spacial score (nSPS) is 23.1. The van der Waals surface area contributed by atoms with Gasteiger partial charge in [0, 0.05) is 70.3 Å². The molecule has 0 unspecified atom stereocenters. The predicted octanol–water partition coefficient (Wildman–Crippen LogP) is 6.24. The molecule has 15 heteroatoms. The Morgan fingerprint density at radius 3 is 2.00 bits per heavy atom. The smallest absolute Gasteiger partial charge is 0.426 e. The van der Waals surface area contributed by atoms with Gasteiger partial charge in [0.1, 0.15) is 0 Å². The molecular weight excluding hydrogens is 585 g/mol. The van der Waals surface area contributed by atoms with Gasteiger partial charge in [-0.15, -0.1) is 0 Å². The molecular formula is C27H32F9N3O3. The number of rotatable bonds is 4. The first-order valence-corrected chi connectivity index (χ1v) is 13.8. The van der Waals surface area contributed by atoms with Crippen molar-refractivity contribution < 1.29 is 53.8 Å². The van der Waals surface area contributed by atoms with Gasteiger partial charge in [0.2, 0.25) is 0 Å². The van der Waals surface area contributed by atoms with E-state index in [4.69, 9.17) is 4.74 Å². The maximum atomic E-state index is 14.1. The topological polar surface area (TPSA) is 45.2 Å². The molecule has 42 heavy (non-hydrogen) atoms. The largest absolute Gasteiger partial charge is 0.434 e. The summed E-state index contributed by atoms with van der Waals surface area (Å²) in [5.74, 6) is 0. The Morgan fingerprint density at radius 1 is 0.833 bits per heavy atom. The first kappa shape index (κ1) is 31.0. The molecule has 4 fully saturated rings. The minimum absolute atomic E-state index is 0.0277. The highest BCUT2D eigenvalue weighted by atomic mass is 19.4. The molecule has 1 aromatic rings. The maximum Gasteiger partial charge on any atom is 0.434 e. The molecule has 0 aromatic heterocycles. The number of benzene rings is 1. The monoisotopic (exact) mass is 617 g/mol. The van der Waals surface area contributed by atoms with Crippen molar-refractivity contribution in [2.24, 2.45) is 10.8 Å². The molecule has 0 N–H and O–H groups in total. The van der Waals surface area contributed by atoms with Crippen LogP contribution in [-0.2, 0) is 22.2 Å². The third kappa shape index (κ3) is 6.41. The van der Waals surface area contributed by atoms with E-state index < -0.39 is 41.7 Å². The second-order valence-electron chi connectivity index (χ2n) is 12.1. The van der Waals surface area contributed by atoms with Crippen LogP contribution in [0.5, 0.6) is 0 Å².